The highest BCUT2D eigenvalue weighted by atomic mass is 19.3. The van der Waals surface area contributed by atoms with Crippen molar-refractivity contribution >= 4 is 0 Å². The van der Waals surface area contributed by atoms with Crippen molar-refractivity contribution in [2.24, 2.45) is 35.5 Å². The smallest absolute Gasteiger partial charge is 0.381 e. The van der Waals surface area contributed by atoms with Crippen LogP contribution in [0.2, 0.25) is 0 Å². The Labute approximate surface area is 376 Å². The van der Waals surface area contributed by atoms with E-state index in [2.05, 4.69) is 116 Å². The van der Waals surface area contributed by atoms with E-state index in [1.165, 1.54) is 66.6 Å². The molecule has 0 fully saturated rings. The third kappa shape index (κ3) is 47.1. The molecule has 0 aromatic heterocycles. The van der Waals surface area contributed by atoms with E-state index in [4.69, 9.17) is 14.2 Å². The van der Waals surface area contributed by atoms with Gasteiger partial charge in [-0.25, -0.2) is 4.39 Å². The standard InChI is InChI=1S/C13H21F7O2.C12H28N2.C12H26O2.C10H22O.FH/c1-8(2)6-11(15,16)21-10(5,14)13(19,20)22-12(17,18)7-9(3)4;1-11(2)7-8-13(5)9-10-14(6)12(3)4;1-9(2)7-11(5)13-8-12(6)14-10(3)4;1-9(2)5-7-11-8-6-10(3)4;/h8-9H,6-7H2,1-5H3;11-12H,7-10H2,1-6H3;9-12H,7-8H2,1-6H3;9-10H,5-8H2,1-4H3;1H. The van der Waals surface area contributed by atoms with Gasteiger partial charge in [0.1, 0.15) is 0 Å². The number of ether oxygens (including phenoxy) is 5. The second-order valence-corrected chi connectivity index (χ2v) is 19.9. The van der Waals surface area contributed by atoms with Crippen molar-refractivity contribution in [1.82, 2.24) is 9.80 Å². The first-order valence-electron chi connectivity index (χ1n) is 22.9. The van der Waals surface area contributed by atoms with Crippen LogP contribution >= 0.6 is 0 Å². The monoisotopic (exact) mass is 923 g/mol. The summed E-state index contributed by atoms with van der Waals surface area (Å²) in [6, 6.07) is 0.661. The van der Waals surface area contributed by atoms with Crippen molar-refractivity contribution in [2.75, 3.05) is 53.6 Å². The van der Waals surface area contributed by atoms with Crippen LogP contribution < -0.4 is 0 Å². The van der Waals surface area contributed by atoms with E-state index >= 15 is 0 Å². The number of nitrogens with zero attached hydrogens (tertiary/aromatic N) is 2. The number of likely N-dealkylation sites (N-methyl/N-ethyl adjacent to an activating group) is 2. The summed E-state index contributed by atoms with van der Waals surface area (Å²) in [4.78, 5) is 4.82. The van der Waals surface area contributed by atoms with Crippen LogP contribution in [0.25, 0.3) is 0 Å². The molecule has 0 rings (SSSR count). The van der Waals surface area contributed by atoms with Gasteiger partial charge in [0.2, 0.25) is 0 Å². The van der Waals surface area contributed by atoms with Crippen LogP contribution in [0.3, 0.4) is 0 Å². The highest BCUT2D eigenvalue weighted by molar-refractivity contribution is 4.78. The summed E-state index contributed by atoms with van der Waals surface area (Å²) in [5.41, 5.74) is 0. The van der Waals surface area contributed by atoms with E-state index in [0.717, 1.165) is 37.4 Å². The molecule has 7 nitrogen and oxygen atoms in total. The lowest BCUT2D eigenvalue weighted by Gasteiger charge is -2.35. The van der Waals surface area contributed by atoms with Crippen molar-refractivity contribution in [3.05, 3.63) is 0 Å². The minimum atomic E-state index is -5.26. The highest BCUT2D eigenvalue weighted by Crippen LogP contribution is 2.44. The van der Waals surface area contributed by atoms with E-state index in [0.29, 0.717) is 24.7 Å². The zero-order valence-electron chi connectivity index (χ0n) is 43.2. The van der Waals surface area contributed by atoms with Crippen molar-refractivity contribution < 1.29 is 59.1 Å². The minimum absolute atomic E-state index is 0. The van der Waals surface area contributed by atoms with Gasteiger partial charge >= 0.3 is 24.2 Å². The van der Waals surface area contributed by atoms with Crippen LogP contribution in [0, 0.1) is 35.5 Å². The predicted octanol–water partition coefficient (Wildman–Crippen LogP) is 14.4. The Bertz CT molecular complexity index is 944. The van der Waals surface area contributed by atoms with Crippen LogP contribution in [-0.2, 0) is 23.7 Å². The number of halogens is 8. The van der Waals surface area contributed by atoms with Gasteiger partial charge in [-0.1, -0.05) is 83.1 Å². The number of alkyl halides is 7. The van der Waals surface area contributed by atoms with E-state index in [1.54, 1.807) is 0 Å². The summed E-state index contributed by atoms with van der Waals surface area (Å²) in [5, 5.41) is 0. The Morgan fingerprint density at radius 1 is 0.500 bits per heavy atom. The van der Waals surface area contributed by atoms with Gasteiger partial charge in [-0.2, -0.15) is 26.3 Å². The van der Waals surface area contributed by atoms with Crippen LogP contribution in [-0.4, -0.2) is 112 Å². The van der Waals surface area contributed by atoms with E-state index < -0.39 is 48.9 Å². The molecule has 0 radical (unpaired) electrons. The average Bonchev–Trinajstić information content (AvgIpc) is 3.02. The molecule has 0 aliphatic carbocycles. The fraction of sp³-hybridized carbons (Fsp3) is 1.00. The van der Waals surface area contributed by atoms with Gasteiger partial charge in [-0.05, 0) is 123 Å². The van der Waals surface area contributed by atoms with Gasteiger partial charge in [-0.15, -0.1) is 0 Å². The van der Waals surface area contributed by atoms with E-state index in [-0.39, 0.29) is 23.8 Å². The molecule has 62 heavy (non-hydrogen) atoms. The zero-order chi connectivity index (χ0) is 48.9. The Kier molecular flexibility index (Phi) is 41.1. The maximum Gasteiger partial charge on any atom is 0.418 e. The van der Waals surface area contributed by atoms with Crippen LogP contribution in [0.15, 0.2) is 0 Å². The van der Waals surface area contributed by atoms with Gasteiger partial charge in [0.05, 0.1) is 24.9 Å². The molecule has 15 heteroatoms. The maximum atomic E-state index is 13.8. The topological polar surface area (TPSA) is 52.6 Å². The Balaban J connectivity index is -0.000000240. The van der Waals surface area contributed by atoms with Gasteiger partial charge < -0.3 is 24.0 Å². The molecule has 0 saturated carbocycles. The zero-order valence-corrected chi connectivity index (χ0v) is 43.2. The first-order valence-corrected chi connectivity index (χ1v) is 22.9. The van der Waals surface area contributed by atoms with Gasteiger partial charge in [0.25, 0.3) is 0 Å². The molecular weight excluding hydrogens is 825 g/mol. The van der Waals surface area contributed by atoms with Crippen molar-refractivity contribution in [2.45, 2.75) is 219 Å². The third-order valence-corrected chi connectivity index (χ3v) is 8.84. The summed E-state index contributed by atoms with van der Waals surface area (Å²) >= 11 is 0. The molecule has 0 aromatic rings. The van der Waals surface area contributed by atoms with E-state index in [1.807, 2.05) is 13.8 Å². The predicted molar refractivity (Wildman–Crippen MR) is 243 cm³/mol. The number of hydrogen-bond acceptors (Lipinski definition) is 7. The molecule has 0 spiro atoms. The lowest BCUT2D eigenvalue weighted by molar-refractivity contribution is -0.478. The van der Waals surface area contributed by atoms with Gasteiger partial charge in [0, 0.05) is 52.1 Å². The molecule has 0 amide bonds. The summed E-state index contributed by atoms with van der Waals surface area (Å²) in [6.45, 7) is 42.0. The molecule has 0 saturated heterocycles. The molecule has 3 atom stereocenters. The molecule has 382 valence electrons. The molecule has 0 aliphatic heterocycles. The van der Waals surface area contributed by atoms with Crippen LogP contribution in [0.4, 0.5) is 35.4 Å². The second kappa shape index (κ2) is 36.3. The third-order valence-electron chi connectivity index (χ3n) is 8.84. The van der Waals surface area contributed by atoms with Crippen molar-refractivity contribution in [3.8, 4) is 0 Å². The van der Waals surface area contributed by atoms with Crippen LogP contribution in [0.5, 0.6) is 0 Å². The van der Waals surface area contributed by atoms with Crippen molar-refractivity contribution in [1.29, 1.82) is 0 Å². The largest absolute Gasteiger partial charge is 0.418 e. The fourth-order valence-corrected chi connectivity index (χ4v) is 5.11. The fourth-order valence-electron chi connectivity index (χ4n) is 5.11. The SMILES string of the molecule is CC(C)CC(C)OCC(C)OC(C)C.CC(C)CC(F)(F)OC(C)(F)C(F)(F)OC(F)(F)CC(C)C.CC(C)CCN(C)CCN(C)C(C)C.CC(C)CCOCCC(C)C.F. The molecule has 0 heterocycles. The lowest BCUT2D eigenvalue weighted by atomic mass is 10.1. The highest BCUT2D eigenvalue weighted by Gasteiger charge is 2.62. The normalized spacial score (nSPS) is 14.6. The molecule has 0 N–H and O–H groups in total. The average molecular weight is 923 g/mol. The first kappa shape index (κ1) is 70.2. The summed E-state index contributed by atoms with van der Waals surface area (Å²) in [7, 11) is 4.41. The van der Waals surface area contributed by atoms with Crippen LogP contribution in [0.1, 0.15) is 170 Å². The quantitative estimate of drug-likeness (QED) is 0.0547. The van der Waals surface area contributed by atoms with Gasteiger partial charge in [0.15, 0.2) is 0 Å². The number of hydrogen-bond donors (Lipinski definition) is 0. The van der Waals surface area contributed by atoms with Crippen molar-refractivity contribution in [3.63, 3.8) is 0 Å². The molecule has 3 unspecified atom stereocenters. The second-order valence-electron chi connectivity index (χ2n) is 19.9. The Morgan fingerprint density at radius 3 is 1.27 bits per heavy atom. The summed E-state index contributed by atoms with van der Waals surface area (Å²) in [6.07, 6.45) is -10.4. The Morgan fingerprint density at radius 2 is 0.919 bits per heavy atom. The number of rotatable bonds is 29. The lowest BCUT2D eigenvalue weighted by Crippen LogP contribution is -2.52. The minimum Gasteiger partial charge on any atom is -0.381 e. The van der Waals surface area contributed by atoms with E-state index in [9.17, 15) is 30.7 Å². The first-order chi connectivity index (χ1) is 27.5. The molecular formula is C47H98F8N2O5. The summed E-state index contributed by atoms with van der Waals surface area (Å²) in [5.74, 6) is -2.79. The molecule has 0 aromatic carbocycles. The van der Waals surface area contributed by atoms with Gasteiger partial charge in [-0.3, -0.25) is 14.2 Å². The maximum absolute atomic E-state index is 13.8. The Hall–Kier alpha value is -0.840. The molecule has 0 aliphatic rings. The summed E-state index contributed by atoms with van der Waals surface area (Å²) < 4.78 is 117. The molecule has 0 bridgehead atoms.